The summed E-state index contributed by atoms with van der Waals surface area (Å²) in [6.07, 6.45) is 0. The third kappa shape index (κ3) is 1.28. The summed E-state index contributed by atoms with van der Waals surface area (Å²) < 4.78 is 24.8. The number of halogens is 3. The highest BCUT2D eigenvalue weighted by molar-refractivity contribution is 9.10. The van der Waals surface area contributed by atoms with Crippen molar-refractivity contribution in [2.24, 2.45) is 0 Å². The van der Waals surface area contributed by atoms with Gasteiger partial charge in [-0.2, -0.15) is 0 Å². The van der Waals surface area contributed by atoms with Crippen LogP contribution in [0.25, 0.3) is 0 Å². The van der Waals surface area contributed by atoms with Crippen LogP contribution in [0.3, 0.4) is 0 Å². The summed E-state index contributed by atoms with van der Waals surface area (Å²) in [5.74, 6) is -2.64. The van der Waals surface area contributed by atoms with Gasteiger partial charge in [0.25, 0.3) is 0 Å². The highest BCUT2D eigenvalue weighted by atomic mass is 79.9. The summed E-state index contributed by atoms with van der Waals surface area (Å²) in [5, 5.41) is 8.81. The first-order valence-electron chi connectivity index (χ1n) is 2.66. The molecule has 0 aliphatic heterocycles. The van der Waals surface area contributed by atoms with E-state index in [0.717, 1.165) is 0 Å². The molecule has 0 spiro atoms. The number of aromatic hydroxyl groups is 1. The van der Waals surface area contributed by atoms with Gasteiger partial charge < -0.3 is 10.8 Å². The van der Waals surface area contributed by atoms with Crippen LogP contribution in [0.5, 0.6) is 5.75 Å². The number of phenolic OH excluding ortho intramolecular Hbond substituents is 1. The summed E-state index contributed by atoms with van der Waals surface area (Å²) in [6, 6.07) is 0.551. The number of hydrogen-bond donors (Lipinski definition) is 2. The van der Waals surface area contributed by atoms with Crippen LogP contribution in [0.2, 0.25) is 0 Å². The molecule has 1 rings (SSSR count). The summed E-state index contributed by atoms with van der Waals surface area (Å²) in [4.78, 5) is 0. The predicted molar refractivity (Wildman–Crippen MR) is 40.1 cm³/mol. The van der Waals surface area contributed by atoms with Crippen molar-refractivity contribution in [2.75, 3.05) is 5.73 Å². The largest absolute Gasteiger partial charge is 0.503 e. The Kier molecular flexibility index (Phi) is 1.99. The highest BCUT2D eigenvalue weighted by Gasteiger charge is 2.12. The van der Waals surface area contributed by atoms with Gasteiger partial charge in [0.15, 0.2) is 11.6 Å². The maximum absolute atomic E-state index is 12.5. The average Bonchev–Trinajstić information content (AvgIpc) is 1.97. The van der Waals surface area contributed by atoms with E-state index in [1.807, 2.05) is 0 Å². The molecule has 3 N–H and O–H groups in total. The van der Waals surface area contributed by atoms with Crippen LogP contribution in [0.4, 0.5) is 14.5 Å². The maximum Gasteiger partial charge on any atom is 0.176 e. The summed E-state index contributed by atoms with van der Waals surface area (Å²) in [7, 11) is 0. The summed E-state index contributed by atoms with van der Waals surface area (Å²) >= 11 is 2.74. The first-order valence-corrected chi connectivity index (χ1v) is 3.45. The van der Waals surface area contributed by atoms with Crippen LogP contribution in [0.1, 0.15) is 0 Å². The van der Waals surface area contributed by atoms with Crippen molar-refractivity contribution in [3.8, 4) is 5.75 Å². The molecule has 0 saturated heterocycles. The van der Waals surface area contributed by atoms with Gasteiger partial charge in [0, 0.05) is 6.07 Å². The first-order chi connectivity index (χ1) is 5.04. The fraction of sp³-hybridized carbons (Fsp3) is 0. The van der Waals surface area contributed by atoms with Crippen LogP contribution in [-0.2, 0) is 0 Å². The van der Waals surface area contributed by atoms with Crippen molar-refractivity contribution in [3.63, 3.8) is 0 Å². The van der Waals surface area contributed by atoms with E-state index in [0.29, 0.717) is 6.07 Å². The number of hydrogen-bond acceptors (Lipinski definition) is 2. The van der Waals surface area contributed by atoms with E-state index in [4.69, 9.17) is 10.8 Å². The third-order valence-corrected chi connectivity index (χ3v) is 1.99. The fourth-order valence-corrected chi connectivity index (χ4v) is 0.906. The van der Waals surface area contributed by atoms with Crippen LogP contribution >= 0.6 is 15.9 Å². The van der Waals surface area contributed by atoms with Gasteiger partial charge in [0.2, 0.25) is 0 Å². The molecule has 5 heteroatoms. The maximum atomic E-state index is 12.5. The minimum Gasteiger partial charge on any atom is -0.503 e. The molecule has 1 aromatic carbocycles. The monoisotopic (exact) mass is 223 g/mol. The van der Waals surface area contributed by atoms with E-state index in [1.165, 1.54) is 0 Å². The molecule has 0 radical (unpaired) electrons. The second-order valence-electron chi connectivity index (χ2n) is 1.92. The Balaban J connectivity index is 3.46. The molecule has 0 aliphatic carbocycles. The molecule has 0 amide bonds. The molecule has 0 heterocycles. The lowest BCUT2D eigenvalue weighted by molar-refractivity contribution is 0.430. The van der Waals surface area contributed by atoms with Gasteiger partial charge in [-0.25, -0.2) is 8.78 Å². The Morgan fingerprint density at radius 2 is 1.91 bits per heavy atom. The minimum atomic E-state index is -1.07. The van der Waals surface area contributed by atoms with E-state index >= 15 is 0 Å². The Bertz CT molecular complexity index is 277. The zero-order chi connectivity index (χ0) is 8.59. The molecule has 0 fully saturated rings. The SMILES string of the molecule is Nc1c(O)c(F)cc(F)c1Br. The smallest absolute Gasteiger partial charge is 0.176 e. The Morgan fingerprint density at radius 3 is 2.45 bits per heavy atom. The molecule has 0 atom stereocenters. The fourth-order valence-electron chi connectivity index (χ4n) is 0.604. The van der Waals surface area contributed by atoms with Gasteiger partial charge in [-0.05, 0) is 15.9 Å². The lowest BCUT2D eigenvalue weighted by atomic mass is 10.3. The van der Waals surface area contributed by atoms with E-state index in [9.17, 15) is 8.78 Å². The van der Waals surface area contributed by atoms with Gasteiger partial charge in [-0.1, -0.05) is 0 Å². The van der Waals surface area contributed by atoms with E-state index in [2.05, 4.69) is 15.9 Å². The second-order valence-corrected chi connectivity index (χ2v) is 2.71. The van der Waals surface area contributed by atoms with Gasteiger partial charge in [0.1, 0.15) is 5.82 Å². The molecule has 0 aliphatic rings. The molecule has 60 valence electrons. The standard InChI is InChI=1S/C6H4BrF2NO/c7-4-2(8)1-3(9)6(11)5(4)10/h1,11H,10H2. The van der Waals surface area contributed by atoms with Crippen molar-refractivity contribution in [1.29, 1.82) is 0 Å². The number of nitrogen functional groups attached to an aromatic ring is 1. The van der Waals surface area contributed by atoms with Crippen molar-refractivity contribution < 1.29 is 13.9 Å². The average molecular weight is 224 g/mol. The molecular formula is C6H4BrF2NO. The Morgan fingerprint density at radius 1 is 1.36 bits per heavy atom. The normalized spacial score (nSPS) is 10.1. The van der Waals surface area contributed by atoms with E-state index in [-0.39, 0.29) is 10.2 Å². The lowest BCUT2D eigenvalue weighted by Gasteiger charge is -2.02. The summed E-state index contributed by atoms with van der Waals surface area (Å²) in [5.41, 5.74) is 4.78. The van der Waals surface area contributed by atoms with Crippen molar-refractivity contribution in [3.05, 3.63) is 22.2 Å². The number of anilines is 1. The first kappa shape index (κ1) is 8.26. The predicted octanol–water partition coefficient (Wildman–Crippen LogP) is 2.02. The molecule has 11 heavy (non-hydrogen) atoms. The van der Waals surface area contributed by atoms with Crippen LogP contribution in [0, 0.1) is 11.6 Å². The van der Waals surface area contributed by atoms with Crippen LogP contribution < -0.4 is 5.73 Å². The number of benzene rings is 1. The summed E-state index contributed by atoms with van der Waals surface area (Å²) in [6.45, 7) is 0. The van der Waals surface area contributed by atoms with Crippen LogP contribution in [0.15, 0.2) is 10.5 Å². The molecule has 0 unspecified atom stereocenters. The lowest BCUT2D eigenvalue weighted by Crippen LogP contribution is -1.93. The molecular weight excluding hydrogens is 220 g/mol. The molecule has 0 saturated carbocycles. The second kappa shape index (κ2) is 2.65. The number of phenols is 1. The topological polar surface area (TPSA) is 46.2 Å². The quantitative estimate of drug-likeness (QED) is 0.402. The van der Waals surface area contributed by atoms with Crippen molar-refractivity contribution in [2.45, 2.75) is 0 Å². The molecule has 1 aromatic rings. The molecule has 0 bridgehead atoms. The molecule has 0 aromatic heterocycles. The van der Waals surface area contributed by atoms with Crippen molar-refractivity contribution >= 4 is 21.6 Å². The number of nitrogens with two attached hydrogens (primary N) is 1. The third-order valence-electron chi connectivity index (χ3n) is 1.18. The zero-order valence-electron chi connectivity index (χ0n) is 5.24. The van der Waals surface area contributed by atoms with E-state index in [1.54, 1.807) is 0 Å². The van der Waals surface area contributed by atoms with Gasteiger partial charge in [0.05, 0.1) is 10.2 Å². The van der Waals surface area contributed by atoms with E-state index < -0.39 is 17.4 Å². The van der Waals surface area contributed by atoms with Gasteiger partial charge in [-0.3, -0.25) is 0 Å². The van der Waals surface area contributed by atoms with Gasteiger partial charge >= 0.3 is 0 Å². The van der Waals surface area contributed by atoms with Crippen LogP contribution in [-0.4, -0.2) is 5.11 Å². The minimum absolute atomic E-state index is 0.128. The van der Waals surface area contributed by atoms with Crippen molar-refractivity contribution in [1.82, 2.24) is 0 Å². The highest BCUT2D eigenvalue weighted by Crippen LogP contribution is 2.33. The number of rotatable bonds is 0. The zero-order valence-corrected chi connectivity index (χ0v) is 6.82. The Hall–Kier alpha value is -0.840. The van der Waals surface area contributed by atoms with Gasteiger partial charge in [-0.15, -0.1) is 0 Å². The Labute approximate surface area is 69.8 Å². The molecule has 2 nitrogen and oxygen atoms in total.